The first-order chi connectivity index (χ1) is 15.2. The monoisotopic (exact) mass is 452 g/mol. The molecule has 0 unspecified atom stereocenters. The first-order valence-corrected chi connectivity index (χ1v) is 12.2. The molecule has 1 saturated heterocycles. The summed E-state index contributed by atoms with van der Waals surface area (Å²) in [6.45, 7) is 7.10. The van der Waals surface area contributed by atoms with E-state index < -0.39 is 0 Å². The van der Waals surface area contributed by atoms with Crippen molar-refractivity contribution in [1.29, 1.82) is 0 Å². The second-order valence-electron chi connectivity index (χ2n) is 7.72. The fourth-order valence-electron chi connectivity index (χ4n) is 3.78. The van der Waals surface area contributed by atoms with Gasteiger partial charge in [-0.15, -0.1) is 11.3 Å². The molecule has 1 aliphatic rings. The van der Waals surface area contributed by atoms with Gasteiger partial charge in [0.1, 0.15) is 0 Å². The number of hydrogen-bond acceptors (Lipinski definition) is 7. The largest absolute Gasteiger partial charge is 0.379 e. The van der Waals surface area contributed by atoms with Crippen LogP contribution in [0.4, 0.5) is 5.13 Å². The number of benzene rings is 2. The van der Waals surface area contributed by atoms with E-state index in [-0.39, 0.29) is 5.91 Å². The van der Waals surface area contributed by atoms with Gasteiger partial charge in [0.15, 0.2) is 10.1 Å². The minimum atomic E-state index is -0.0704. The van der Waals surface area contributed by atoms with E-state index in [4.69, 9.17) is 9.72 Å². The number of morpholine rings is 1. The Morgan fingerprint density at radius 2 is 1.87 bits per heavy atom. The Hall–Kier alpha value is -2.39. The first-order valence-electron chi connectivity index (χ1n) is 10.5. The third kappa shape index (κ3) is 4.48. The molecule has 1 amide bonds. The summed E-state index contributed by atoms with van der Waals surface area (Å²) in [6, 6.07) is 14.1. The summed E-state index contributed by atoms with van der Waals surface area (Å²) in [7, 11) is 0. The molecule has 0 saturated carbocycles. The van der Waals surface area contributed by atoms with Crippen LogP contribution in [0.2, 0.25) is 0 Å². The number of amides is 1. The van der Waals surface area contributed by atoms with Crippen molar-refractivity contribution in [3.8, 4) is 0 Å². The molecule has 0 aliphatic carbocycles. The lowest BCUT2D eigenvalue weighted by molar-refractivity contribution is 0.0376. The number of carbonyl (C=O) groups excluding carboxylic acids is 1. The highest BCUT2D eigenvalue weighted by atomic mass is 32.1. The number of fused-ring (bicyclic) bond motifs is 2. The smallest absolute Gasteiger partial charge is 0.289 e. The highest BCUT2D eigenvalue weighted by Gasteiger charge is 2.24. The normalized spacial score (nSPS) is 15.0. The van der Waals surface area contributed by atoms with Crippen molar-refractivity contribution < 1.29 is 9.53 Å². The molecule has 1 fully saturated rings. The minimum Gasteiger partial charge on any atom is -0.379 e. The molecule has 0 N–H and O–H groups in total. The topological polar surface area (TPSA) is 58.6 Å². The minimum absolute atomic E-state index is 0.0704. The van der Waals surface area contributed by atoms with Gasteiger partial charge in [-0.05, 0) is 43.2 Å². The zero-order chi connectivity index (χ0) is 21.2. The summed E-state index contributed by atoms with van der Waals surface area (Å²) in [4.78, 5) is 27.1. The van der Waals surface area contributed by atoms with Crippen LogP contribution in [0.1, 0.15) is 21.8 Å². The molecule has 2 aromatic heterocycles. The van der Waals surface area contributed by atoms with E-state index in [2.05, 4.69) is 28.9 Å². The van der Waals surface area contributed by atoms with Crippen molar-refractivity contribution in [2.75, 3.05) is 44.3 Å². The third-order valence-electron chi connectivity index (χ3n) is 5.45. The molecular formula is C23H24N4O2S2. The lowest BCUT2D eigenvalue weighted by Gasteiger charge is -2.27. The number of rotatable bonds is 6. The molecule has 5 rings (SSSR count). The number of hydrogen-bond donors (Lipinski definition) is 0. The van der Waals surface area contributed by atoms with Crippen molar-refractivity contribution in [2.24, 2.45) is 0 Å². The van der Waals surface area contributed by atoms with Crippen LogP contribution in [-0.2, 0) is 4.74 Å². The number of ether oxygens (including phenoxy) is 1. The van der Waals surface area contributed by atoms with E-state index in [9.17, 15) is 4.79 Å². The molecule has 0 spiro atoms. The molecule has 0 atom stereocenters. The first kappa shape index (κ1) is 20.5. The highest BCUT2D eigenvalue weighted by Crippen LogP contribution is 2.32. The van der Waals surface area contributed by atoms with E-state index in [1.165, 1.54) is 16.9 Å². The van der Waals surface area contributed by atoms with Gasteiger partial charge in [-0.3, -0.25) is 14.6 Å². The zero-order valence-electron chi connectivity index (χ0n) is 17.4. The van der Waals surface area contributed by atoms with E-state index in [1.54, 1.807) is 11.3 Å². The number of para-hydroxylation sites is 1. The number of anilines is 1. The molecule has 1 aliphatic heterocycles. The fraction of sp³-hybridized carbons (Fsp3) is 0.348. The molecule has 31 heavy (non-hydrogen) atoms. The number of thiazole rings is 2. The number of aryl methyl sites for hydroxylation is 1. The molecule has 0 radical (unpaired) electrons. The van der Waals surface area contributed by atoms with Gasteiger partial charge in [-0.25, -0.2) is 9.97 Å². The maximum absolute atomic E-state index is 13.5. The van der Waals surface area contributed by atoms with Crippen LogP contribution in [0.3, 0.4) is 0 Å². The Balaban J connectivity index is 1.42. The predicted octanol–water partition coefficient (Wildman–Crippen LogP) is 4.58. The van der Waals surface area contributed by atoms with Crippen LogP contribution in [0.15, 0.2) is 42.5 Å². The van der Waals surface area contributed by atoms with Crippen LogP contribution in [0.5, 0.6) is 0 Å². The maximum atomic E-state index is 13.5. The molecule has 6 nitrogen and oxygen atoms in total. The standard InChI is InChI=1S/C23H24N4O2S2/c1-16-7-8-18-20(15-16)31-23(25-18)27(10-4-9-26-11-13-29-14-12-26)22(28)21-24-17-5-2-3-6-19(17)30-21/h2-3,5-8,15H,4,9-14H2,1H3. The van der Waals surface area contributed by atoms with Gasteiger partial charge in [0.2, 0.25) is 0 Å². The average molecular weight is 453 g/mol. The SMILES string of the molecule is Cc1ccc2nc(N(CCCN3CCOCC3)C(=O)c3nc4ccccc4s3)sc2c1. The summed E-state index contributed by atoms with van der Waals surface area (Å²) in [5.74, 6) is -0.0704. The lowest BCUT2D eigenvalue weighted by atomic mass is 10.2. The van der Waals surface area contributed by atoms with Crippen molar-refractivity contribution in [1.82, 2.24) is 14.9 Å². The maximum Gasteiger partial charge on any atom is 0.289 e. The molecule has 2 aromatic carbocycles. The summed E-state index contributed by atoms with van der Waals surface area (Å²) >= 11 is 3.02. The summed E-state index contributed by atoms with van der Waals surface area (Å²) in [5, 5.41) is 1.26. The Morgan fingerprint density at radius 1 is 1.06 bits per heavy atom. The van der Waals surface area contributed by atoms with Crippen LogP contribution < -0.4 is 4.90 Å². The van der Waals surface area contributed by atoms with Gasteiger partial charge in [0, 0.05) is 26.2 Å². The quantitative estimate of drug-likeness (QED) is 0.428. The highest BCUT2D eigenvalue weighted by molar-refractivity contribution is 7.23. The van der Waals surface area contributed by atoms with E-state index in [0.29, 0.717) is 11.6 Å². The Bertz CT molecular complexity index is 1180. The fourth-order valence-corrected chi connectivity index (χ4v) is 5.78. The molecule has 0 bridgehead atoms. The van der Waals surface area contributed by atoms with Crippen molar-refractivity contribution in [3.63, 3.8) is 0 Å². The van der Waals surface area contributed by atoms with Crippen LogP contribution in [-0.4, -0.2) is 60.2 Å². The average Bonchev–Trinajstić information content (AvgIpc) is 3.40. The van der Waals surface area contributed by atoms with E-state index in [0.717, 1.165) is 64.8 Å². The Labute approximate surface area is 189 Å². The number of carbonyl (C=O) groups is 1. The van der Waals surface area contributed by atoms with Crippen molar-refractivity contribution in [3.05, 3.63) is 53.0 Å². The van der Waals surface area contributed by atoms with Gasteiger partial charge in [0.05, 0.1) is 33.6 Å². The third-order valence-corrected chi connectivity index (χ3v) is 7.51. The second kappa shape index (κ2) is 9.00. The van der Waals surface area contributed by atoms with Gasteiger partial charge in [-0.1, -0.05) is 29.5 Å². The van der Waals surface area contributed by atoms with Crippen molar-refractivity contribution >= 4 is 54.1 Å². The van der Waals surface area contributed by atoms with E-state index >= 15 is 0 Å². The van der Waals surface area contributed by atoms with E-state index in [1.807, 2.05) is 35.2 Å². The molecule has 8 heteroatoms. The van der Waals surface area contributed by atoms with Gasteiger partial charge < -0.3 is 4.74 Å². The molecule has 160 valence electrons. The predicted molar refractivity (Wildman–Crippen MR) is 128 cm³/mol. The van der Waals surface area contributed by atoms with Crippen LogP contribution in [0.25, 0.3) is 20.4 Å². The molecule has 4 aromatic rings. The Kier molecular flexibility index (Phi) is 5.95. The summed E-state index contributed by atoms with van der Waals surface area (Å²) in [6.07, 6.45) is 0.881. The molecule has 3 heterocycles. The van der Waals surface area contributed by atoms with Gasteiger partial charge in [-0.2, -0.15) is 0 Å². The lowest BCUT2D eigenvalue weighted by Crippen LogP contribution is -2.39. The van der Waals surface area contributed by atoms with Gasteiger partial charge in [0.25, 0.3) is 5.91 Å². The zero-order valence-corrected chi connectivity index (χ0v) is 19.0. The van der Waals surface area contributed by atoms with Crippen LogP contribution >= 0.6 is 22.7 Å². The van der Waals surface area contributed by atoms with Crippen LogP contribution in [0, 0.1) is 6.92 Å². The number of nitrogens with zero attached hydrogens (tertiary/aromatic N) is 4. The Morgan fingerprint density at radius 3 is 2.71 bits per heavy atom. The summed E-state index contributed by atoms with van der Waals surface area (Å²) in [5.41, 5.74) is 2.99. The second-order valence-corrected chi connectivity index (χ2v) is 9.76. The number of aromatic nitrogens is 2. The van der Waals surface area contributed by atoms with Crippen molar-refractivity contribution in [2.45, 2.75) is 13.3 Å². The summed E-state index contributed by atoms with van der Waals surface area (Å²) < 4.78 is 7.57. The van der Waals surface area contributed by atoms with Gasteiger partial charge >= 0.3 is 0 Å². The molecular weight excluding hydrogens is 428 g/mol.